The van der Waals surface area contributed by atoms with E-state index in [2.05, 4.69) is 10.2 Å². The SMILES string of the molecule is CCn1ccc(CN(C)C(=O)c2ccn(C(F)F)n2)n1. The van der Waals surface area contributed by atoms with Gasteiger partial charge in [-0.3, -0.25) is 9.48 Å². The molecule has 0 saturated heterocycles. The van der Waals surface area contributed by atoms with Gasteiger partial charge in [-0.15, -0.1) is 0 Å². The van der Waals surface area contributed by atoms with Crippen LogP contribution in [0.25, 0.3) is 0 Å². The molecule has 0 aliphatic carbocycles. The van der Waals surface area contributed by atoms with Gasteiger partial charge in [-0.2, -0.15) is 19.0 Å². The van der Waals surface area contributed by atoms with E-state index in [0.717, 1.165) is 18.4 Å². The first kappa shape index (κ1) is 14.2. The van der Waals surface area contributed by atoms with E-state index in [9.17, 15) is 13.6 Å². The molecule has 0 aliphatic heterocycles. The van der Waals surface area contributed by atoms with Gasteiger partial charge in [0, 0.05) is 26.0 Å². The Morgan fingerprint density at radius 3 is 2.65 bits per heavy atom. The monoisotopic (exact) mass is 283 g/mol. The summed E-state index contributed by atoms with van der Waals surface area (Å²) in [4.78, 5) is 13.4. The van der Waals surface area contributed by atoms with Crippen LogP contribution in [0.1, 0.15) is 29.7 Å². The summed E-state index contributed by atoms with van der Waals surface area (Å²) in [7, 11) is 1.58. The molecule has 0 aliphatic rings. The van der Waals surface area contributed by atoms with Gasteiger partial charge < -0.3 is 4.90 Å². The van der Waals surface area contributed by atoms with Crippen LogP contribution in [-0.2, 0) is 13.1 Å². The number of carbonyl (C=O) groups excluding carboxylic acids is 1. The van der Waals surface area contributed by atoms with Gasteiger partial charge in [0.05, 0.1) is 12.2 Å². The number of aryl methyl sites for hydroxylation is 1. The van der Waals surface area contributed by atoms with E-state index in [-0.39, 0.29) is 5.69 Å². The molecule has 108 valence electrons. The van der Waals surface area contributed by atoms with Crippen LogP contribution in [0.5, 0.6) is 0 Å². The van der Waals surface area contributed by atoms with E-state index in [1.54, 1.807) is 11.7 Å². The zero-order valence-electron chi connectivity index (χ0n) is 11.2. The quantitative estimate of drug-likeness (QED) is 0.840. The number of carbonyl (C=O) groups is 1. The average Bonchev–Trinajstić information content (AvgIpc) is 3.06. The molecule has 2 aromatic rings. The molecule has 0 atom stereocenters. The molecule has 0 aromatic carbocycles. The molecule has 0 saturated carbocycles. The van der Waals surface area contributed by atoms with Crippen molar-refractivity contribution in [3.63, 3.8) is 0 Å². The van der Waals surface area contributed by atoms with Crippen LogP contribution in [0.3, 0.4) is 0 Å². The van der Waals surface area contributed by atoms with Gasteiger partial charge in [-0.05, 0) is 19.1 Å². The number of amides is 1. The average molecular weight is 283 g/mol. The lowest BCUT2D eigenvalue weighted by Crippen LogP contribution is -2.27. The Balaban J connectivity index is 2.03. The zero-order valence-corrected chi connectivity index (χ0v) is 11.2. The van der Waals surface area contributed by atoms with Gasteiger partial charge in [-0.1, -0.05) is 0 Å². The summed E-state index contributed by atoms with van der Waals surface area (Å²) in [5.41, 5.74) is 0.721. The molecule has 0 spiro atoms. The predicted molar refractivity (Wildman–Crippen MR) is 67.2 cm³/mol. The fourth-order valence-corrected chi connectivity index (χ4v) is 1.74. The minimum Gasteiger partial charge on any atom is -0.334 e. The standard InChI is InChI=1S/C12H15F2N5O/c1-3-18-6-4-9(15-18)8-17(2)11(20)10-5-7-19(16-10)12(13)14/h4-7,12H,3,8H2,1-2H3. The molecule has 2 rings (SSSR count). The Labute approximate surface area is 114 Å². The van der Waals surface area contributed by atoms with Crippen molar-refractivity contribution >= 4 is 5.91 Å². The number of alkyl halides is 2. The first-order chi connectivity index (χ1) is 9.51. The summed E-state index contributed by atoms with van der Waals surface area (Å²) in [6, 6.07) is 3.08. The number of hydrogen-bond acceptors (Lipinski definition) is 3. The first-order valence-corrected chi connectivity index (χ1v) is 6.12. The van der Waals surface area contributed by atoms with Crippen LogP contribution in [0.4, 0.5) is 8.78 Å². The summed E-state index contributed by atoms with van der Waals surface area (Å²) in [5.74, 6) is -0.421. The highest BCUT2D eigenvalue weighted by atomic mass is 19.3. The molecular formula is C12H15F2N5O. The van der Waals surface area contributed by atoms with Crippen molar-refractivity contribution in [2.45, 2.75) is 26.6 Å². The van der Waals surface area contributed by atoms with Crippen LogP contribution in [-0.4, -0.2) is 37.4 Å². The molecule has 0 radical (unpaired) electrons. The summed E-state index contributed by atoms with van der Waals surface area (Å²) >= 11 is 0. The lowest BCUT2D eigenvalue weighted by molar-refractivity contribution is 0.0553. The molecule has 2 heterocycles. The van der Waals surface area contributed by atoms with Crippen LogP contribution >= 0.6 is 0 Å². The Morgan fingerprint density at radius 2 is 2.10 bits per heavy atom. The van der Waals surface area contributed by atoms with Crippen LogP contribution in [0, 0.1) is 0 Å². The van der Waals surface area contributed by atoms with Crippen molar-refractivity contribution in [2.75, 3.05) is 7.05 Å². The predicted octanol–water partition coefficient (Wildman–Crippen LogP) is 1.77. The van der Waals surface area contributed by atoms with Crippen molar-refractivity contribution < 1.29 is 13.6 Å². The van der Waals surface area contributed by atoms with E-state index in [4.69, 9.17) is 0 Å². The van der Waals surface area contributed by atoms with Gasteiger partial charge in [0.2, 0.25) is 0 Å². The van der Waals surface area contributed by atoms with Crippen molar-refractivity contribution in [1.29, 1.82) is 0 Å². The largest absolute Gasteiger partial charge is 0.334 e. The summed E-state index contributed by atoms with van der Waals surface area (Å²) in [6.07, 6.45) is 2.90. The maximum Gasteiger partial charge on any atom is 0.333 e. The summed E-state index contributed by atoms with van der Waals surface area (Å²) < 4.78 is 27.0. The van der Waals surface area contributed by atoms with Crippen molar-refractivity contribution in [2.24, 2.45) is 0 Å². The fourth-order valence-electron chi connectivity index (χ4n) is 1.74. The van der Waals surface area contributed by atoms with Gasteiger partial charge in [0.25, 0.3) is 5.91 Å². The van der Waals surface area contributed by atoms with Gasteiger partial charge >= 0.3 is 6.55 Å². The molecule has 0 unspecified atom stereocenters. The maximum atomic E-state index is 12.4. The minimum absolute atomic E-state index is 0.0114. The normalized spacial score (nSPS) is 11.1. The number of nitrogens with zero attached hydrogens (tertiary/aromatic N) is 5. The van der Waals surface area contributed by atoms with E-state index in [0.29, 0.717) is 11.2 Å². The van der Waals surface area contributed by atoms with E-state index in [1.165, 1.54) is 11.0 Å². The second-order valence-corrected chi connectivity index (χ2v) is 4.28. The highest BCUT2D eigenvalue weighted by Gasteiger charge is 2.17. The summed E-state index contributed by atoms with van der Waals surface area (Å²) in [5, 5.41) is 7.80. The molecule has 0 bridgehead atoms. The third kappa shape index (κ3) is 3.01. The third-order valence-electron chi connectivity index (χ3n) is 2.79. The minimum atomic E-state index is -2.75. The number of aromatic nitrogens is 4. The molecule has 0 fully saturated rings. The number of rotatable bonds is 5. The molecule has 8 heteroatoms. The molecule has 1 amide bonds. The fraction of sp³-hybridized carbons (Fsp3) is 0.417. The van der Waals surface area contributed by atoms with Gasteiger partial charge in [0.15, 0.2) is 5.69 Å². The van der Waals surface area contributed by atoms with Crippen molar-refractivity contribution in [3.05, 3.63) is 35.9 Å². The molecule has 2 aromatic heterocycles. The van der Waals surface area contributed by atoms with Crippen molar-refractivity contribution in [1.82, 2.24) is 24.5 Å². The zero-order chi connectivity index (χ0) is 14.7. The van der Waals surface area contributed by atoms with Crippen LogP contribution in [0.2, 0.25) is 0 Å². The number of hydrogen-bond donors (Lipinski definition) is 0. The van der Waals surface area contributed by atoms with E-state index in [1.807, 2.05) is 19.2 Å². The second-order valence-electron chi connectivity index (χ2n) is 4.28. The maximum absolute atomic E-state index is 12.4. The first-order valence-electron chi connectivity index (χ1n) is 6.12. The van der Waals surface area contributed by atoms with Gasteiger partial charge in [0.1, 0.15) is 0 Å². The Bertz CT molecular complexity index is 592. The third-order valence-corrected chi connectivity index (χ3v) is 2.79. The Morgan fingerprint density at radius 1 is 1.35 bits per heavy atom. The highest BCUT2D eigenvalue weighted by Crippen LogP contribution is 2.11. The molecular weight excluding hydrogens is 268 g/mol. The lowest BCUT2D eigenvalue weighted by atomic mass is 10.3. The molecule has 6 nitrogen and oxygen atoms in total. The van der Waals surface area contributed by atoms with Crippen LogP contribution in [0.15, 0.2) is 24.5 Å². The Kier molecular flexibility index (Phi) is 4.11. The summed E-state index contributed by atoms with van der Waals surface area (Å²) in [6.45, 7) is 0.258. The van der Waals surface area contributed by atoms with Crippen molar-refractivity contribution in [3.8, 4) is 0 Å². The molecule has 0 N–H and O–H groups in total. The molecule has 20 heavy (non-hydrogen) atoms. The highest BCUT2D eigenvalue weighted by molar-refractivity contribution is 5.91. The van der Waals surface area contributed by atoms with E-state index >= 15 is 0 Å². The smallest absolute Gasteiger partial charge is 0.333 e. The van der Waals surface area contributed by atoms with Gasteiger partial charge in [-0.25, -0.2) is 4.68 Å². The van der Waals surface area contributed by atoms with Crippen LogP contribution < -0.4 is 0 Å². The Hall–Kier alpha value is -2.25. The van der Waals surface area contributed by atoms with E-state index < -0.39 is 12.5 Å². The lowest BCUT2D eigenvalue weighted by Gasteiger charge is -2.14. The second kappa shape index (κ2) is 5.81. The number of halogens is 2. The topological polar surface area (TPSA) is 56.0 Å².